The van der Waals surface area contributed by atoms with E-state index in [2.05, 4.69) is 20.6 Å². The summed E-state index contributed by atoms with van der Waals surface area (Å²) in [5.74, 6) is 0.874. The number of H-pyrrole nitrogens is 1. The first-order valence-corrected chi connectivity index (χ1v) is 10.2. The van der Waals surface area contributed by atoms with Gasteiger partial charge in [-0.2, -0.15) is 0 Å². The first kappa shape index (κ1) is 18.9. The molecule has 1 aliphatic heterocycles. The van der Waals surface area contributed by atoms with E-state index in [4.69, 9.17) is 17.0 Å². The lowest BCUT2D eigenvalue weighted by atomic mass is 10.2. The summed E-state index contributed by atoms with van der Waals surface area (Å²) < 4.78 is 5.39. The number of thiocarbonyl (C=S) groups is 1. The van der Waals surface area contributed by atoms with Crippen molar-refractivity contribution in [3.8, 4) is 11.4 Å². The number of anilines is 1. The van der Waals surface area contributed by atoms with Gasteiger partial charge >= 0.3 is 0 Å². The lowest BCUT2D eigenvalue weighted by Gasteiger charge is -2.23. The number of aromatic amines is 1. The van der Waals surface area contributed by atoms with Gasteiger partial charge in [-0.05, 0) is 48.6 Å². The van der Waals surface area contributed by atoms with E-state index in [9.17, 15) is 0 Å². The van der Waals surface area contributed by atoms with Crippen LogP contribution in [0.2, 0.25) is 0 Å². The van der Waals surface area contributed by atoms with Crippen molar-refractivity contribution in [2.75, 3.05) is 44.7 Å². The quantitative estimate of drug-likeness (QED) is 0.378. The molecule has 0 amide bonds. The summed E-state index contributed by atoms with van der Waals surface area (Å²) in [5, 5.41) is 7.20. The van der Waals surface area contributed by atoms with Gasteiger partial charge in [0, 0.05) is 24.2 Å². The van der Waals surface area contributed by atoms with Crippen LogP contribution in [0.1, 0.15) is 6.42 Å². The highest BCUT2D eigenvalue weighted by Gasteiger charge is 2.12. The van der Waals surface area contributed by atoms with Gasteiger partial charge in [-0.15, -0.1) is 0 Å². The lowest BCUT2D eigenvalue weighted by Crippen LogP contribution is -3.14. The second kappa shape index (κ2) is 9.14. The van der Waals surface area contributed by atoms with Crippen molar-refractivity contribution >= 4 is 34.1 Å². The van der Waals surface area contributed by atoms with Crippen LogP contribution in [0.3, 0.4) is 0 Å². The summed E-state index contributed by atoms with van der Waals surface area (Å²) in [6, 6.07) is 16.2. The maximum absolute atomic E-state index is 5.41. The highest BCUT2D eigenvalue weighted by molar-refractivity contribution is 7.80. The van der Waals surface area contributed by atoms with Gasteiger partial charge in [0.25, 0.3) is 0 Å². The number of rotatable bonds is 6. The third-order valence-electron chi connectivity index (χ3n) is 5.00. The zero-order valence-corrected chi connectivity index (χ0v) is 16.6. The van der Waals surface area contributed by atoms with Crippen molar-refractivity contribution in [1.82, 2.24) is 15.3 Å². The van der Waals surface area contributed by atoms with E-state index in [0.717, 1.165) is 73.9 Å². The number of morpholine rings is 1. The van der Waals surface area contributed by atoms with Gasteiger partial charge in [-0.3, -0.25) is 0 Å². The highest BCUT2D eigenvalue weighted by Crippen LogP contribution is 2.21. The van der Waals surface area contributed by atoms with Crippen LogP contribution in [0.5, 0.6) is 0 Å². The third kappa shape index (κ3) is 4.86. The van der Waals surface area contributed by atoms with E-state index >= 15 is 0 Å². The Kier molecular flexibility index (Phi) is 6.16. The molecule has 28 heavy (non-hydrogen) atoms. The van der Waals surface area contributed by atoms with Crippen LogP contribution in [-0.2, 0) is 4.74 Å². The fraction of sp³-hybridized carbons (Fsp3) is 0.333. The number of aromatic nitrogens is 2. The number of hydrogen-bond acceptors (Lipinski definition) is 3. The predicted octanol–water partition coefficient (Wildman–Crippen LogP) is 1.82. The minimum atomic E-state index is 0.661. The predicted molar refractivity (Wildman–Crippen MR) is 117 cm³/mol. The number of quaternary nitrogens is 1. The average molecular weight is 397 g/mol. The van der Waals surface area contributed by atoms with Gasteiger partial charge in [0.15, 0.2) is 5.11 Å². The monoisotopic (exact) mass is 396 g/mol. The molecule has 4 N–H and O–H groups in total. The van der Waals surface area contributed by atoms with E-state index in [-0.39, 0.29) is 0 Å². The van der Waals surface area contributed by atoms with Gasteiger partial charge in [0.1, 0.15) is 18.9 Å². The molecule has 4 rings (SSSR count). The van der Waals surface area contributed by atoms with Crippen molar-refractivity contribution in [2.24, 2.45) is 0 Å². The van der Waals surface area contributed by atoms with Crippen molar-refractivity contribution in [3.63, 3.8) is 0 Å². The van der Waals surface area contributed by atoms with Crippen molar-refractivity contribution < 1.29 is 9.64 Å². The van der Waals surface area contributed by atoms with Gasteiger partial charge in [0.05, 0.1) is 30.8 Å². The first-order chi connectivity index (χ1) is 13.8. The normalized spacial score (nSPS) is 14.9. The van der Waals surface area contributed by atoms with Gasteiger partial charge < -0.3 is 25.3 Å². The molecule has 146 valence electrons. The molecule has 0 atom stereocenters. The molecule has 6 nitrogen and oxygen atoms in total. The Balaban J connectivity index is 1.25. The summed E-state index contributed by atoms with van der Waals surface area (Å²) in [4.78, 5) is 9.61. The summed E-state index contributed by atoms with van der Waals surface area (Å²) >= 11 is 5.41. The first-order valence-electron chi connectivity index (χ1n) is 9.79. The molecular weight excluding hydrogens is 370 g/mol. The molecule has 7 heteroatoms. The standard InChI is InChI=1S/C21H25N5OS/c28-21(22-10-3-11-26-12-14-27-15-13-26)23-17-8-6-16(7-9-17)20-24-18-4-1-2-5-19(18)25-20/h1-2,4-9H,3,10-15H2,(H,24,25)(H2,22,23,28)/p+1. The van der Waals surface area contributed by atoms with Crippen LogP contribution in [0.15, 0.2) is 48.5 Å². The second-order valence-corrected chi connectivity index (χ2v) is 7.43. The minimum Gasteiger partial charge on any atom is -0.370 e. The van der Waals surface area contributed by atoms with Crippen molar-refractivity contribution in [1.29, 1.82) is 0 Å². The summed E-state index contributed by atoms with van der Waals surface area (Å²) in [5.41, 5.74) is 4.04. The summed E-state index contributed by atoms with van der Waals surface area (Å²) in [7, 11) is 0. The zero-order chi connectivity index (χ0) is 19.2. The molecule has 1 fully saturated rings. The third-order valence-corrected chi connectivity index (χ3v) is 5.24. The van der Waals surface area contributed by atoms with Gasteiger partial charge in [-0.1, -0.05) is 12.1 Å². The smallest absolute Gasteiger partial charge is 0.170 e. The highest BCUT2D eigenvalue weighted by atomic mass is 32.1. The minimum absolute atomic E-state index is 0.661. The molecular formula is C21H26N5OS+. The van der Waals surface area contributed by atoms with Crippen LogP contribution in [0, 0.1) is 0 Å². The number of fused-ring (bicyclic) bond motifs is 1. The van der Waals surface area contributed by atoms with Crippen LogP contribution >= 0.6 is 12.2 Å². The number of ether oxygens (including phenoxy) is 1. The van der Waals surface area contributed by atoms with E-state index < -0.39 is 0 Å². The van der Waals surface area contributed by atoms with Gasteiger partial charge in [0.2, 0.25) is 0 Å². The summed E-state index contributed by atoms with van der Waals surface area (Å²) in [6.07, 6.45) is 1.10. The maximum Gasteiger partial charge on any atom is 0.170 e. The molecule has 2 heterocycles. The van der Waals surface area contributed by atoms with Crippen LogP contribution in [0.4, 0.5) is 5.69 Å². The maximum atomic E-state index is 5.41. The van der Waals surface area contributed by atoms with E-state index in [1.165, 1.54) is 0 Å². The van der Waals surface area contributed by atoms with E-state index in [1.807, 2.05) is 48.5 Å². The summed E-state index contributed by atoms with van der Waals surface area (Å²) in [6.45, 7) is 6.03. The van der Waals surface area contributed by atoms with Gasteiger partial charge in [-0.25, -0.2) is 4.98 Å². The Morgan fingerprint density at radius 1 is 1.11 bits per heavy atom. The molecule has 0 aliphatic carbocycles. The van der Waals surface area contributed by atoms with Crippen molar-refractivity contribution in [3.05, 3.63) is 48.5 Å². The fourth-order valence-corrected chi connectivity index (χ4v) is 3.65. The molecule has 0 radical (unpaired) electrons. The molecule has 1 saturated heterocycles. The average Bonchev–Trinajstić information content (AvgIpc) is 3.17. The van der Waals surface area contributed by atoms with Crippen molar-refractivity contribution in [2.45, 2.75) is 6.42 Å². The molecule has 0 bridgehead atoms. The SMILES string of the molecule is S=C(NCCC[NH+]1CCOCC1)Nc1ccc(-c2nc3ccccc3[nH]2)cc1. The number of benzene rings is 2. The van der Waals surface area contributed by atoms with E-state index in [0.29, 0.717) is 5.11 Å². The molecule has 3 aromatic rings. The topological polar surface area (TPSA) is 66.4 Å². The van der Waals surface area contributed by atoms with Crippen LogP contribution in [-0.4, -0.2) is 54.5 Å². The number of nitrogens with zero attached hydrogens (tertiary/aromatic N) is 1. The molecule has 1 aliphatic rings. The largest absolute Gasteiger partial charge is 0.370 e. The van der Waals surface area contributed by atoms with Crippen LogP contribution < -0.4 is 15.5 Å². The Morgan fingerprint density at radius 3 is 2.68 bits per heavy atom. The Bertz CT molecular complexity index is 885. The fourth-order valence-electron chi connectivity index (χ4n) is 3.43. The Hall–Kier alpha value is -2.48. The Morgan fingerprint density at radius 2 is 1.89 bits per heavy atom. The molecule has 0 saturated carbocycles. The lowest BCUT2D eigenvalue weighted by molar-refractivity contribution is -0.908. The second-order valence-electron chi connectivity index (χ2n) is 7.03. The molecule has 0 unspecified atom stereocenters. The number of hydrogen-bond donors (Lipinski definition) is 4. The molecule has 1 aromatic heterocycles. The Labute approximate surface area is 170 Å². The number of para-hydroxylation sites is 2. The number of nitrogens with one attached hydrogen (secondary N) is 4. The van der Waals surface area contributed by atoms with E-state index in [1.54, 1.807) is 4.90 Å². The number of imidazole rings is 1. The molecule has 2 aromatic carbocycles. The van der Waals surface area contributed by atoms with Crippen LogP contribution in [0.25, 0.3) is 22.4 Å². The zero-order valence-electron chi connectivity index (χ0n) is 15.8. The molecule has 0 spiro atoms.